The second-order valence-electron chi connectivity index (χ2n) is 5.57. The predicted molar refractivity (Wildman–Crippen MR) is 81.3 cm³/mol. The highest BCUT2D eigenvalue weighted by Gasteiger charge is 2.26. The van der Waals surface area contributed by atoms with Gasteiger partial charge in [-0.05, 0) is 35.8 Å². The average molecular weight is 296 g/mol. The summed E-state index contributed by atoms with van der Waals surface area (Å²) in [6.07, 6.45) is 1.98. The highest BCUT2D eigenvalue weighted by atomic mass is 32.1. The molecule has 0 radical (unpaired) electrons. The van der Waals surface area contributed by atoms with Gasteiger partial charge in [-0.25, -0.2) is 0 Å². The van der Waals surface area contributed by atoms with Crippen LogP contribution >= 0.6 is 22.9 Å². The Morgan fingerprint density at radius 1 is 1.42 bits per heavy atom. The quantitative estimate of drug-likeness (QED) is 0.657. The third-order valence-corrected chi connectivity index (χ3v) is 4.78. The summed E-state index contributed by atoms with van der Waals surface area (Å²) in [6, 6.07) is 4.37. The zero-order chi connectivity index (χ0) is 13.9. The van der Waals surface area contributed by atoms with Crippen molar-refractivity contribution in [3.8, 4) is 0 Å². The minimum atomic E-state index is 0.000362. The molecule has 104 valence electrons. The van der Waals surface area contributed by atoms with E-state index in [4.69, 9.17) is 5.84 Å². The molecule has 0 bridgehead atoms. The topological polar surface area (TPSA) is 63.8 Å². The standard InChI is InChI=1S/C13H20N4S2/c1-13(2,3)12-11(19-17-16-12)10(15-14)7-6-9-5-4-8-18-9/h4-5,8,10,15H,6-7,14H2,1-3H3. The van der Waals surface area contributed by atoms with Crippen LogP contribution in [0, 0.1) is 0 Å². The van der Waals surface area contributed by atoms with Crippen molar-refractivity contribution in [3.63, 3.8) is 0 Å². The van der Waals surface area contributed by atoms with Crippen molar-refractivity contribution in [1.82, 2.24) is 15.0 Å². The molecule has 2 aromatic heterocycles. The first kappa shape index (κ1) is 14.6. The summed E-state index contributed by atoms with van der Waals surface area (Å²) in [5.74, 6) is 5.72. The van der Waals surface area contributed by atoms with E-state index >= 15 is 0 Å². The lowest BCUT2D eigenvalue weighted by atomic mass is 9.89. The van der Waals surface area contributed by atoms with Gasteiger partial charge in [0.25, 0.3) is 0 Å². The van der Waals surface area contributed by atoms with Crippen LogP contribution in [0.5, 0.6) is 0 Å². The molecular formula is C13H20N4S2. The number of nitrogens with two attached hydrogens (primary N) is 1. The van der Waals surface area contributed by atoms with Gasteiger partial charge < -0.3 is 0 Å². The Labute approximate surface area is 122 Å². The van der Waals surface area contributed by atoms with Crippen LogP contribution in [-0.4, -0.2) is 9.59 Å². The molecule has 0 aliphatic heterocycles. The molecule has 2 rings (SSSR count). The largest absolute Gasteiger partial charge is 0.271 e. The fraction of sp³-hybridized carbons (Fsp3) is 0.538. The Morgan fingerprint density at radius 3 is 2.79 bits per heavy atom. The fourth-order valence-corrected chi connectivity index (χ4v) is 3.66. The van der Waals surface area contributed by atoms with Crippen LogP contribution in [0.3, 0.4) is 0 Å². The van der Waals surface area contributed by atoms with E-state index in [1.807, 2.05) is 0 Å². The van der Waals surface area contributed by atoms with Crippen molar-refractivity contribution in [2.75, 3.05) is 0 Å². The van der Waals surface area contributed by atoms with Crippen LogP contribution in [0.4, 0.5) is 0 Å². The summed E-state index contributed by atoms with van der Waals surface area (Å²) < 4.78 is 4.10. The molecule has 2 heterocycles. The molecule has 0 saturated heterocycles. The first-order valence-electron chi connectivity index (χ1n) is 6.33. The summed E-state index contributed by atoms with van der Waals surface area (Å²) in [5, 5.41) is 6.38. The van der Waals surface area contributed by atoms with Crippen molar-refractivity contribution < 1.29 is 0 Å². The van der Waals surface area contributed by atoms with Gasteiger partial charge in [0.15, 0.2) is 0 Å². The summed E-state index contributed by atoms with van der Waals surface area (Å²) in [7, 11) is 0. The first-order chi connectivity index (χ1) is 9.02. The fourth-order valence-electron chi connectivity index (χ4n) is 1.98. The van der Waals surface area contributed by atoms with Gasteiger partial charge in [0, 0.05) is 10.3 Å². The van der Waals surface area contributed by atoms with E-state index in [0.29, 0.717) is 0 Å². The van der Waals surface area contributed by atoms with Crippen molar-refractivity contribution in [2.45, 2.75) is 45.1 Å². The summed E-state index contributed by atoms with van der Waals surface area (Å²) >= 11 is 3.23. The van der Waals surface area contributed by atoms with E-state index in [2.05, 4.69) is 53.3 Å². The lowest BCUT2D eigenvalue weighted by molar-refractivity contribution is 0.496. The maximum absolute atomic E-state index is 5.72. The number of thiophene rings is 1. The van der Waals surface area contributed by atoms with Crippen molar-refractivity contribution in [3.05, 3.63) is 33.0 Å². The van der Waals surface area contributed by atoms with E-state index in [0.717, 1.165) is 23.4 Å². The maximum Gasteiger partial charge on any atom is 0.0857 e. The summed E-state index contributed by atoms with van der Waals surface area (Å²) in [6.45, 7) is 6.46. The molecule has 1 atom stereocenters. The van der Waals surface area contributed by atoms with E-state index in [-0.39, 0.29) is 11.5 Å². The van der Waals surface area contributed by atoms with E-state index < -0.39 is 0 Å². The lowest BCUT2D eigenvalue weighted by Crippen LogP contribution is -2.30. The van der Waals surface area contributed by atoms with Gasteiger partial charge in [0.1, 0.15) is 0 Å². The smallest absolute Gasteiger partial charge is 0.0857 e. The number of hydrogen-bond donors (Lipinski definition) is 2. The Kier molecular flexibility index (Phi) is 4.67. The number of aryl methyl sites for hydroxylation is 1. The Balaban J connectivity index is 2.11. The van der Waals surface area contributed by atoms with Gasteiger partial charge in [-0.3, -0.25) is 11.3 Å². The monoisotopic (exact) mass is 296 g/mol. The van der Waals surface area contributed by atoms with Crippen molar-refractivity contribution >= 4 is 22.9 Å². The molecule has 2 aromatic rings. The van der Waals surface area contributed by atoms with Gasteiger partial charge in [-0.2, -0.15) is 0 Å². The van der Waals surface area contributed by atoms with Gasteiger partial charge >= 0.3 is 0 Å². The molecule has 0 fully saturated rings. The van der Waals surface area contributed by atoms with E-state index in [1.54, 1.807) is 11.3 Å². The normalized spacial score (nSPS) is 13.7. The van der Waals surface area contributed by atoms with Crippen LogP contribution in [0.15, 0.2) is 17.5 Å². The molecule has 0 saturated carbocycles. The molecule has 4 nitrogen and oxygen atoms in total. The zero-order valence-electron chi connectivity index (χ0n) is 11.5. The van der Waals surface area contributed by atoms with Crippen LogP contribution in [0.25, 0.3) is 0 Å². The molecule has 0 spiro atoms. The van der Waals surface area contributed by atoms with Gasteiger partial charge in [-0.1, -0.05) is 31.3 Å². The highest BCUT2D eigenvalue weighted by Crippen LogP contribution is 2.32. The highest BCUT2D eigenvalue weighted by molar-refractivity contribution is 7.09. The van der Waals surface area contributed by atoms with Crippen LogP contribution in [-0.2, 0) is 11.8 Å². The minimum absolute atomic E-state index is 0.000362. The maximum atomic E-state index is 5.72. The number of hydrogen-bond acceptors (Lipinski definition) is 6. The second-order valence-corrected chi connectivity index (χ2v) is 7.39. The number of hydrazine groups is 1. The third-order valence-electron chi connectivity index (χ3n) is 3.00. The van der Waals surface area contributed by atoms with Crippen molar-refractivity contribution in [2.24, 2.45) is 5.84 Å². The molecule has 3 N–H and O–H groups in total. The number of nitrogens with zero attached hydrogens (tertiary/aromatic N) is 2. The van der Waals surface area contributed by atoms with E-state index in [9.17, 15) is 0 Å². The molecule has 0 aromatic carbocycles. The number of nitrogens with one attached hydrogen (secondary N) is 1. The Bertz CT molecular complexity index is 499. The molecular weight excluding hydrogens is 276 g/mol. The van der Waals surface area contributed by atoms with Gasteiger partial charge in [0.05, 0.1) is 16.6 Å². The molecule has 0 aliphatic carbocycles. The minimum Gasteiger partial charge on any atom is -0.271 e. The van der Waals surface area contributed by atoms with Crippen LogP contribution < -0.4 is 11.3 Å². The SMILES string of the molecule is CC(C)(C)c1nnsc1C(CCc1cccs1)NN. The number of aromatic nitrogens is 2. The third kappa shape index (κ3) is 3.60. The molecule has 0 amide bonds. The molecule has 0 aliphatic rings. The van der Waals surface area contributed by atoms with E-state index in [1.165, 1.54) is 16.4 Å². The summed E-state index contributed by atoms with van der Waals surface area (Å²) in [5.41, 5.74) is 3.96. The van der Waals surface area contributed by atoms with Crippen LogP contribution in [0.1, 0.15) is 48.7 Å². The average Bonchev–Trinajstić information content (AvgIpc) is 2.98. The molecule has 1 unspecified atom stereocenters. The molecule has 6 heteroatoms. The van der Waals surface area contributed by atoms with Gasteiger partial charge in [-0.15, -0.1) is 16.4 Å². The van der Waals surface area contributed by atoms with Gasteiger partial charge in [0.2, 0.25) is 0 Å². The Morgan fingerprint density at radius 2 is 2.21 bits per heavy atom. The van der Waals surface area contributed by atoms with Crippen LogP contribution in [0.2, 0.25) is 0 Å². The zero-order valence-corrected chi connectivity index (χ0v) is 13.1. The molecule has 19 heavy (non-hydrogen) atoms. The number of rotatable bonds is 5. The second kappa shape index (κ2) is 6.09. The predicted octanol–water partition coefficient (Wildman–Crippen LogP) is 3.03. The summed E-state index contributed by atoms with van der Waals surface area (Å²) in [4.78, 5) is 2.54. The van der Waals surface area contributed by atoms with Crippen molar-refractivity contribution in [1.29, 1.82) is 0 Å². The first-order valence-corrected chi connectivity index (χ1v) is 7.99. The lowest BCUT2D eigenvalue weighted by Gasteiger charge is -2.21. The Hall–Kier alpha value is -0.820.